The molecule has 2 nitrogen and oxygen atoms in total. The summed E-state index contributed by atoms with van der Waals surface area (Å²) < 4.78 is 0. The highest BCUT2D eigenvalue weighted by molar-refractivity contribution is 7.99. The lowest BCUT2D eigenvalue weighted by Gasteiger charge is -2.29. The van der Waals surface area contributed by atoms with Crippen LogP contribution >= 0.6 is 11.8 Å². The van der Waals surface area contributed by atoms with Crippen molar-refractivity contribution in [1.29, 1.82) is 0 Å². The van der Waals surface area contributed by atoms with Crippen LogP contribution in [0.15, 0.2) is 24.3 Å². The van der Waals surface area contributed by atoms with Gasteiger partial charge in [0.2, 0.25) is 0 Å². The van der Waals surface area contributed by atoms with Crippen molar-refractivity contribution in [3.8, 4) is 0 Å². The lowest BCUT2D eigenvalue weighted by atomic mass is 10.0. The van der Waals surface area contributed by atoms with E-state index in [-0.39, 0.29) is 0 Å². The van der Waals surface area contributed by atoms with Crippen LogP contribution in [-0.4, -0.2) is 31.6 Å². The van der Waals surface area contributed by atoms with Crippen molar-refractivity contribution in [1.82, 2.24) is 5.32 Å². The zero-order valence-electron chi connectivity index (χ0n) is 10.9. The molecule has 0 amide bonds. The quantitative estimate of drug-likeness (QED) is 0.884. The van der Waals surface area contributed by atoms with Crippen LogP contribution in [0.25, 0.3) is 0 Å². The standard InChI is InChI=1S/C14H22N2S/c1-11(15-2)13-6-4-5-7-14(13)16(3)12-8-9-17-10-12/h4-7,11-12,15H,8-10H2,1-3H3. The molecule has 0 radical (unpaired) electrons. The topological polar surface area (TPSA) is 15.3 Å². The Morgan fingerprint density at radius 2 is 2.18 bits per heavy atom. The third-order valence-electron chi connectivity index (χ3n) is 3.67. The van der Waals surface area contributed by atoms with Gasteiger partial charge in [-0.15, -0.1) is 0 Å². The molecule has 1 aromatic carbocycles. The van der Waals surface area contributed by atoms with Crippen LogP contribution in [0.5, 0.6) is 0 Å². The third-order valence-corrected chi connectivity index (χ3v) is 4.81. The van der Waals surface area contributed by atoms with E-state index in [2.05, 4.69) is 60.2 Å². The Kier molecular flexibility index (Phi) is 4.35. The Labute approximate surface area is 109 Å². The number of nitrogens with one attached hydrogen (secondary N) is 1. The first-order valence-electron chi connectivity index (χ1n) is 6.30. The molecule has 1 aliphatic heterocycles. The van der Waals surface area contributed by atoms with Crippen LogP contribution in [0.3, 0.4) is 0 Å². The van der Waals surface area contributed by atoms with Gasteiger partial charge in [0.25, 0.3) is 0 Å². The number of hydrogen-bond donors (Lipinski definition) is 1. The van der Waals surface area contributed by atoms with E-state index < -0.39 is 0 Å². The van der Waals surface area contributed by atoms with Gasteiger partial charge in [-0.3, -0.25) is 0 Å². The molecule has 1 aliphatic rings. The number of benzene rings is 1. The van der Waals surface area contributed by atoms with Gasteiger partial charge >= 0.3 is 0 Å². The zero-order valence-corrected chi connectivity index (χ0v) is 11.8. The highest BCUT2D eigenvalue weighted by atomic mass is 32.2. The molecule has 17 heavy (non-hydrogen) atoms. The van der Waals surface area contributed by atoms with Gasteiger partial charge in [0, 0.05) is 30.6 Å². The maximum atomic E-state index is 3.34. The van der Waals surface area contributed by atoms with Crippen molar-refractivity contribution in [2.75, 3.05) is 30.5 Å². The van der Waals surface area contributed by atoms with Crippen molar-refractivity contribution in [2.24, 2.45) is 0 Å². The van der Waals surface area contributed by atoms with Crippen molar-refractivity contribution < 1.29 is 0 Å². The number of rotatable bonds is 4. The predicted molar refractivity (Wildman–Crippen MR) is 78.0 cm³/mol. The molecule has 2 atom stereocenters. The summed E-state index contributed by atoms with van der Waals surface area (Å²) in [5, 5.41) is 3.34. The van der Waals surface area contributed by atoms with E-state index >= 15 is 0 Å². The molecule has 0 aliphatic carbocycles. The van der Waals surface area contributed by atoms with E-state index in [1.165, 1.54) is 29.2 Å². The number of hydrogen-bond acceptors (Lipinski definition) is 3. The highest BCUT2D eigenvalue weighted by Crippen LogP contribution is 2.30. The van der Waals surface area contributed by atoms with Gasteiger partial charge in [0.15, 0.2) is 0 Å². The van der Waals surface area contributed by atoms with E-state index in [1.807, 2.05) is 7.05 Å². The monoisotopic (exact) mass is 250 g/mol. The molecule has 1 aromatic rings. The maximum Gasteiger partial charge on any atom is 0.0414 e. The van der Waals surface area contributed by atoms with E-state index in [4.69, 9.17) is 0 Å². The van der Waals surface area contributed by atoms with Gasteiger partial charge in [-0.1, -0.05) is 18.2 Å². The van der Waals surface area contributed by atoms with E-state index in [0.29, 0.717) is 12.1 Å². The molecule has 1 fully saturated rings. The van der Waals surface area contributed by atoms with E-state index in [0.717, 1.165) is 0 Å². The van der Waals surface area contributed by atoms with Gasteiger partial charge in [-0.2, -0.15) is 11.8 Å². The maximum absolute atomic E-state index is 3.34. The smallest absolute Gasteiger partial charge is 0.0414 e. The summed E-state index contributed by atoms with van der Waals surface area (Å²) in [5.41, 5.74) is 2.77. The summed E-state index contributed by atoms with van der Waals surface area (Å²) in [4.78, 5) is 2.46. The van der Waals surface area contributed by atoms with Crippen LogP contribution in [0.4, 0.5) is 5.69 Å². The molecular weight excluding hydrogens is 228 g/mol. The minimum Gasteiger partial charge on any atom is -0.370 e. The minimum atomic E-state index is 0.405. The average Bonchev–Trinajstić information content (AvgIpc) is 2.91. The van der Waals surface area contributed by atoms with Crippen LogP contribution in [0, 0.1) is 0 Å². The molecule has 0 bridgehead atoms. The Morgan fingerprint density at radius 1 is 1.41 bits per heavy atom. The lowest BCUT2D eigenvalue weighted by Crippen LogP contribution is -2.32. The summed E-state index contributed by atoms with van der Waals surface area (Å²) in [7, 11) is 4.25. The molecule has 1 N–H and O–H groups in total. The third kappa shape index (κ3) is 2.78. The SMILES string of the molecule is CNC(C)c1ccccc1N(C)C1CCSC1. The van der Waals surface area contributed by atoms with Crippen LogP contribution < -0.4 is 10.2 Å². The summed E-state index contributed by atoms with van der Waals surface area (Å²) in [6, 6.07) is 9.85. The molecule has 2 unspecified atom stereocenters. The average molecular weight is 250 g/mol. The van der Waals surface area contributed by atoms with Crippen molar-refractivity contribution in [3.05, 3.63) is 29.8 Å². The van der Waals surface area contributed by atoms with Crippen LogP contribution in [0.1, 0.15) is 24.9 Å². The fourth-order valence-corrected chi connectivity index (χ4v) is 3.62. The van der Waals surface area contributed by atoms with Crippen LogP contribution in [-0.2, 0) is 0 Å². The number of nitrogens with zero attached hydrogens (tertiary/aromatic N) is 1. The Bertz CT molecular complexity index is 361. The van der Waals surface area contributed by atoms with Gasteiger partial charge in [-0.05, 0) is 37.8 Å². The fraction of sp³-hybridized carbons (Fsp3) is 0.571. The fourth-order valence-electron chi connectivity index (χ4n) is 2.35. The van der Waals surface area contributed by atoms with Crippen molar-refractivity contribution in [3.63, 3.8) is 0 Å². The van der Waals surface area contributed by atoms with Gasteiger partial charge in [-0.25, -0.2) is 0 Å². The first kappa shape index (κ1) is 12.8. The van der Waals surface area contributed by atoms with Crippen molar-refractivity contribution >= 4 is 17.4 Å². The first-order chi connectivity index (χ1) is 8.24. The minimum absolute atomic E-state index is 0.405. The molecular formula is C14H22N2S. The second-order valence-electron chi connectivity index (χ2n) is 4.70. The Morgan fingerprint density at radius 3 is 2.82 bits per heavy atom. The van der Waals surface area contributed by atoms with Gasteiger partial charge < -0.3 is 10.2 Å². The zero-order chi connectivity index (χ0) is 12.3. The largest absolute Gasteiger partial charge is 0.370 e. The van der Waals surface area contributed by atoms with Crippen LogP contribution in [0.2, 0.25) is 0 Å². The second kappa shape index (κ2) is 5.78. The normalized spacial score (nSPS) is 21.5. The van der Waals surface area contributed by atoms with E-state index in [9.17, 15) is 0 Å². The lowest BCUT2D eigenvalue weighted by molar-refractivity contribution is 0.638. The highest BCUT2D eigenvalue weighted by Gasteiger charge is 2.22. The first-order valence-corrected chi connectivity index (χ1v) is 7.46. The van der Waals surface area contributed by atoms with Gasteiger partial charge in [0.05, 0.1) is 0 Å². The molecule has 94 valence electrons. The Hall–Kier alpha value is -0.670. The summed E-state index contributed by atoms with van der Waals surface area (Å²) in [6.45, 7) is 2.22. The van der Waals surface area contributed by atoms with Crippen molar-refractivity contribution in [2.45, 2.75) is 25.4 Å². The molecule has 0 saturated carbocycles. The molecule has 3 heteroatoms. The van der Waals surface area contributed by atoms with Gasteiger partial charge in [0.1, 0.15) is 0 Å². The predicted octanol–water partition coefficient (Wildman–Crippen LogP) is 2.91. The molecule has 0 spiro atoms. The number of thioether (sulfide) groups is 1. The summed E-state index contributed by atoms with van der Waals surface area (Å²) in [6.07, 6.45) is 1.31. The second-order valence-corrected chi connectivity index (χ2v) is 5.85. The Balaban J connectivity index is 2.24. The number of anilines is 1. The molecule has 1 saturated heterocycles. The summed E-state index contributed by atoms with van der Waals surface area (Å²) in [5.74, 6) is 2.57. The van der Waals surface area contributed by atoms with E-state index in [1.54, 1.807) is 0 Å². The number of para-hydroxylation sites is 1. The summed E-state index contributed by atoms with van der Waals surface area (Å²) >= 11 is 2.07. The molecule has 0 aromatic heterocycles. The molecule has 1 heterocycles. The molecule has 2 rings (SSSR count).